The van der Waals surface area contributed by atoms with Gasteiger partial charge in [0.25, 0.3) is 5.91 Å². The lowest BCUT2D eigenvalue weighted by atomic mass is 10.0. The standard InChI is InChI=1S/C15H21NO4S/c1-15(18,7-8-21-2)10-16-14(17)13-9-19-11-5-3-4-6-12(11)20-13/h3-6,13,18H,7-10H2,1-2H3,(H,16,17). The number of nitrogens with one attached hydrogen (secondary N) is 1. The second-order valence-electron chi connectivity index (χ2n) is 5.32. The van der Waals surface area contributed by atoms with Crippen molar-refractivity contribution < 1.29 is 19.4 Å². The van der Waals surface area contributed by atoms with Crippen molar-refractivity contribution in [2.45, 2.75) is 25.0 Å². The lowest BCUT2D eigenvalue weighted by Crippen LogP contribution is -2.48. The number of amides is 1. The van der Waals surface area contributed by atoms with Crippen LogP contribution in [0.1, 0.15) is 13.3 Å². The molecule has 1 aromatic carbocycles. The molecular formula is C15H21NO4S. The van der Waals surface area contributed by atoms with Gasteiger partial charge in [0.05, 0.1) is 5.60 Å². The summed E-state index contributed by atoms with van der Waals surface area (Å²) in [5.74, 6) is 1.79. The smallest absolute Gasteiger partial charge is 0.264 e. The van der Waals surface area contributed by atoms with Crippen molar-refractivity contribution >= 4 is 17.7 Å². The zero-order valence-corrected chi connectivity index (χ0v) is 13.1. The number of para-hydroxylation sites is 2. The number of ether oxygens (including phenoxy) is 2. The van der Waals surface area contributed by atoms with Gasteiger partial charge in [-0.15, -0.1) is 0 Å². The molecule has 116 valence electrons. The summed E-state index contributed by atoms with van der Waals surface area (Å²) in [5, 5.41) is 12.9. The van der Waals surface area contributed by atoms with Crippen molar-refractivity contribution in [1.82, 2.24) is 5.32 Å². The van der Waals surface area contributed by atoms with Gasteiger partial charge >= 0.3 is 0 Å². The lowest BCUT2D eigenvalue weighted by Gasteiger charge is -2.28. The van der Waals surface area contributed by atoms with Gasteiger partial charge in [-0.25, -0.2) is 0 Å². The van der Waals surface area contributed by atoms with E-state index < -0.39 is 11.7 Å². The third-order valence-electron chi connectivity index (χ3n) is 3.29. The van der Waals surface area contributed by atoms with Crippen LogP contribution in [0.4, 0.5) is 0 Å². The highest BCUT2D eigenvalue weighted by molar-refractivity contribution is 7.98. The number of hydrogen-bond donors (Lipinski definition) is 2. The maximum absolute atomic E-state index is 12.1. The van der Waals surface area contributed by atoms with E-state index in [-0.39, 0.29) is 19.1 Å². The van der Waals surface area contributed by atoms with Crippen LogP contribution < -0.4 is 14.8 Å². The highest BCUT2D eigenvalue weighted by Crippen LogP contribution is 2.30. The number of benzene rings is 1. The molecule has 0 saturated heterocycles. The van der Waals surface area contributed by atoms with Gasteiger partial charge < -0.3 is 19.9 Å². The summed E-state index contributed by atoms with van der Waals surface area (Å²) >= 11 is 1.67. The van der Waals surface area contributed by atoms with Gasteiger partial charge in [-0.3, -0.25) is 4.79 Å². The van der Waals surface area contributed by atoms with Crippen LogP contribution in [-0.4, -0.2) is 47.9 Å². The van der Waals surface area contributed by atoms with Gasteiger partial charge in [0.2, 0.25) is 6.10 Å². The van der Waals surface area contributed by atoms with Crippen molar-refractivity contribution in [2.24, 2.45) is 0 Å². The molecule has 0 aliphatic carbocycles. The van der Waals surface area contributed by atoms with Crippen LogP contribution in [0, 0.1) is 0 Å². The molecule has 0 bridgehead atoms. The Morgan fingerprint density at radius 3 is 2.90 bits per heavy atom. The van der Waals surface area contributed by atoms with E-state index in [1.807, 2.05) is 18.4 Å². The van der Waals surface area contributed by atoms with Crippen molar-refractivity contribution in [2.75, 3.05) is 25.2 Å². The number of rotatable bonds is 6. The average Bonchev–Trinajstić information content (AvgIpc) is 2.50. The quantitative estimate of drug-likeness (QED) is 0.832. The van der Waals surface area contributed by atoms with E-state index >= 15 is 0 Å². The molecule has 2 N–H and O–H groups in total. The first-order valence-corrected chi connectivity index (χ1v) is 8.29. The Balaban J connectivity index is 1.85. The zero-order chi connectivity index (χ0) is 15.3. The molecule has 21 heavy (non-hydrogen) atoms. The van der Waals surface area contributed by atoms with E-state index in [9.17, 15) is 9.90 Å². The van der Waals surface area contributed by atoms with Crippen LogP contribution in [0.25, 0.3) is 0 Å². The summed E-state index contributed by atoms with van der Waals surface area (Å²) in [4.78, 5) is 12.1. The van der Waals surface area contributed by atoms with E-state index in [2.05, 4.69) is 5.32 Å². The minimum atomic E-state index is -0.911. The molecular weight excluding hydrogens is 290 g/mol. The summed E-state index contributed by atoms with van der Waals surface area (Å²) in [6.45, 7) is 2.10. The normalized spacial score (nSPS) is 19.7. The van der Waals surface area contributed by atoms with E-state index in [0.717, 1.165) is 5.75 Å². The number of hydrogen-bond acceptors (Lipinski definition) is 5. The number of thioether (sulfide) groups is 1. The number of carbonyl (C=O) groups excluding carboxylic acids is 1. The fourth-order valence-electron chi connectivity index (χ4n) is 1.95. The Morgan fingerprint density at radius 2 is 2.19 bits per heavy atom. The first kappa shape index (κ1) is 16.0. The second kappa shape index (κ2) is 7.04. The molecule has 0 aromatic heterocycles. The topological polar surface area (TPSA) is 67.8 Å². The summed E-state index contributed by atoms with van der Waals surface area (Å²) in [6.07, 6.45) is 1.93. The van der Waals surface area contributed by atoms with Gasteiger partial charge in [-0.05, 0) is 37.5 Å². The number of aliphatic hydroxyl groups is 1. The van der Waals surface area contributed by atoms with E-state index in [0.29, 0.717) is 17.9 Å². The Hall–Kier alpha value is -1.40. The van der Waals surface area contributed by atoms with Crippen LogP contribution in [-0.2, 0) is 4.79 Å². The minimum absolute atomic E-state index is 0.176. The SMILES string of the molecule is CSCCC(C)(O)CNC(=O)C1COc2ccccc2O1. The predicted octanol–water partition coefficient (Wildman–Crippen LogP) is 1.45. The van der Waals surface area contributed by atoms with Crippen molar-refractivity contribution in [3.8, 4) is 11.5 Å². The van der Waals surface area contributed by atoms with Crippen LogP contribution in [0.3, 0.4) is 0 Å². The molecule has 0 radical (unpaired) electrons. The first-order valence-electron chi connectivity index (χ1n) is 6.89. The van der Waals surface area contributed by atoms with Crippen molar-refractivity contribution in [1.29, 1.82) is 0 Å². The zero-order valence-electron chi connectivity index (χ0n) is 12.3. The van der Waals surface area contributed by atoms with E-state index in [1.165, 1.54) is 0 Å². The van der Waals surface area contributed by atoms with Crippen LogP contribution >= 0.6 is 11.8 Å². The molecule has 2 rings (SSSR count). The highest BCUT2D eigenvalue weighted by atomic mass is 32.2. The Morgan fingerprint density at radius 1 is 1.48 bits per heavy atom. The number of fused-ring (bicyclic) bond motifs is 1. The van der Waals surface area contributed by atoms with Crippen LogP contribution in [0.15, 0.2) is 24.3 Å². The highest BCUT2D eigenvalue weighted by Gasteiger charge is 2.29. The average molecular weight is 311 g/mol. The number of carbonyl (C=O) groups is 1. The molecule has 6 heteroatoms. The summed E-state index contributed by atoms with van der Waals surface area (Å²) < 4.78 is 11.1. The Kier molecular flexibility index (Phi) is 5.36. The molecule has 0 fully saturated rings. The molecule has 1 aliphatic rings. The van der Waals surface area contributed by atoms with E-state index in [4.69, 9.17) is 9.47 Å². The fraction of sp³-hybridized carbons (Fsp3) is 0.533. The van der Waals surface area contributed by atoms with Gasteiger partial charge in [0.15, 0.2) is 11.5 Å². The van der Waals surface area contributed by atoms with Gasteiger partial charge in [0.1, 0.15) is 6.61 Å². The molecule has 1 heterocycles. The summed E-state index contributed by atoms with van der Waals surface area (Å²) in [5.41, 5.74) is -0.911. The van der Waals surface area contributed by atoms with Crippen LogP contribution in [0.5, 0.6) is 11.5 Å². The molecule has 1 amide bonds. The maximum atomic E-state index is 12.1. The lowest BCUT2D eigenvalue weighted by molar-refractivity contribution is -0.131. The monoisotopic (exact) mass is 311 g/mol. The van der Waals surface area contributed by atoms with Gasteiger partial charge in [0, 0.05) is 6.54 Å². The Bertz CT molecular complexity index is 492. The van der Waals surface area contributed by atoms with E-state index in [1.54, 1.807) is 30.8 Å². The summed E-state index contributed by atoms with van der Waals surface area (Å²) in [6, 6.07) is 7.25. The second-order valence-corrected chi connectivity index (χ2v) is 6.31. The van der Waals surface area contributed by atoms with Crippen LogP contribution in [0.2, 0.25) is 0 Å². The molecule has 5 nitrogen and oxygen atoms in total. The van der Waals surface area contributed by atoms with Crippen molar-refractivity contribution in [3.05, 3.63) is 24.3 Å². The summed E-state index contributed by atoms with van der Waals surface area (Å²) in [7, 11) is 0. The van der Waals surface area contributed by atoms with Crippen molar-refractivity contribution in [3.63, 3.8) is 0 Å². The molecule has 0 saturated carbocycles. The molecule has 2 atom stereocenters. The molecule has 1 aliphatic heterocycles. The Labute approximate surface area is 129 Å². The largest absolute Gasteiger partial charge is 0.485 e. The third kappa shape index (κ3) is 4.54. The predicted molar refractivity (Wildman–Crippen MR) is 83.0 cm³/mol. The van der Waals surface area contributed by atoms with Gasteiger partial charge in [-0.1, -0.05) is 12.1 Å². The molecule has 2 unspecified atom stereocenters. The fourth-order valence-corrected chi connectivity index (χ4v) is 2.59. The minimum Gasteiger partial charge on any atom is -0.485 e. The van der Waals surface area contributed by atoms with Gasteiger partial charge in [-0.2, -0.15) is 11.8 Å². The molecule has 1 aromatic rings. The first-order chi connectivity index (χ1) is 10.0. The maximum Gasteiger partial charge on any atom is 0.264 e. The third-order valence-corrected chi connectivity index (χ3v) is 3.90. The molecule has 0 spiro atoms.